The number of benzene rings is 1. The molecule has 106 valence electrons. The van der Waals surface area contributed by atoms with E-state index in [2.05, 4.69) is 29.8 Å². The van der Waals surface area contributed by atoms with E-state index < -0.39 is 5.97 Å². The predicted molar refractivity (Wildman–Crippen MR) is 79.1 cm³/mol. The molecule has 1 aromatic carbocycles. The summed E-state index contributed by atoms with van der Waals surface area (Å²) in [6.45, 7) is 4.99. The van der Waals surface area contributed by atoms with E-state index in [0.717, 1.165) is 23.1 Å². The number of hydrogen-bond donors (Lipinski definition) is 2. The number of fused-ring (bicyclic) bond motifs is 1. The van der Waals surface area contributed by atoms with Crippen molar-refractivity contribution in [1.29, 1.82) is 0 Å². The summed E-state index contributed by atoms with van der Waals surface area (Å²) in [5, 5.41) is 13.9. The SMILES string of the molecule is CC(C)n1c(CNC2CC2)cc2cccc(C(=O)O)c21. The first kappa shape index (κ1) is 13.2. The van der Waals surface area contributed by atoms with Gasteiger partial charge in [-0.15, -0.1) is 0 Å². The lowest BCUT2D eigenvalue weighted by Crippen LogP contribution is -2.19. The molecule has 2 aromatic rings. The number of para-hydroxylation sites is 1. The Morgan fingerprint density at radius 1 is 1.45 bits per heavy atom. The molecule has 1 saturated carbocycles. The standard InChI is InChI=1S/C16H20N2O2/c1-10(2)18-13(9-17-12-6-7-12)8-11-4-3-5-14(15(11)18)16(19)20/h3-5,8,10,12,17H,6-7,9H2,1-2H3,(H,19,20). The van der Waals surface area contributed by atoms with Crippen molar-refractivity contribution in [3.05, 3.63) is 35.5 Å². The highest BCUT2D eigenvalue weighted by molar-refractivity contribution is 6.02. The lowest BCUT2D eigenvalue weighted by Gasteiger charge is -2.16. The van der Waals surface area contributed by atoms with Gasteiger partial charge in [-0.05, 0) is 38.8 Å². The fourth-order valence-corrected chi connectivity index (χ4v) is 2.77. The number of aromatic nitrogens is 1. The fraction of sp³-hybridized carbons (Fsp3) is 0.438. The molecule has 1 aromatic heterocycles. The molecule has 0 amide bonds. The molecule has 1 heterocycles. The maximum Gasteiger partial charge on any atom is 0.337 e. The number of carbonyl (C=O) groups is 1. The molecule has 20 heavy (non-hydrogen) atoms. The molecular formula is C16H20N2O2. The van der Waals surface area contributed by atoms with Crippen molar-refractivity contribution in [3.8, 4) is 0 Å². The highest BCUT2D eigenvalue weighted by atomic mass is 16.4. The van der Waals surface area contributed by atoms with Gasteiger partial charge in [0.2, 0.25) is 0 Å². The van der Waals surface area contributed by atoms with Gasteiger partial charge in [-0.2, -0.15) is 0 Å². The molecule has 0 unspecified atom stereocenters. The van der Waals surface area contributed by atoms with E-state index in [0.29, 0.717) is 11.6 Å². The zero-order chi connectivity index (χ0) is 14.3. The Hall–Kier alpha value is -1.81. The van der Waals surface area contributed by atoms with Crippen LogP contribution in [0.3, 0.4) is 0 Å². The van der Waals surface area contributed by atoms with E-state index in [9.17, 15) is 9.90 Å². The average molecular weight is 272 g/mol. The van der Waals surface area contributed by atoms with Crippen LogP contribution >= 0.6 is 0 Å². The quantitative estimate of drug-likeness (QED) is 0.879. The second kappa shape index (κ2) is 4.94. The summed E-state index contributed by atoms with van der Waals surface area (Å²) in [4.78, 5) is 11.4. The van der Waals surface area contributed by atoms with Crippen LogP contribution in [0.25, 0.3) is 10.9 Å². The number of nitrogens with one attached hydrogen (secondary N) is 1. The Kier molecular flexibility index (Phi) is 3.26. The van der Waals surface area contributed by atoms with Gasteiger partial charge in [0.1, 0.15) is 0 Å². The third-order valence-electron chi connectivity index (χ3n) is 3.84. The molecule has 3 rings (SSSR count). The molecule has 0 aliphatic heterocycles. The zero-order valence-corrected chi connectivity index (χ0v) is 11.9. The third kappa shape index (κ3) is 2.31. The maximum absolute atomic E-state index is 11.4. The normalized spacial score (nSPS) is 15.2. The molecule has 0 atom stereocenters. The molecule has 1 aliphatic carbocycles. The van der Waals surface area contributed by atoms with Crippen molar-refractivity contribution in [2.75, 3.05) is 0 Å². The topological polar surface area (TPSA) is 54.3 Å². The van der Waals surface area contributed by atoms with Gasteiger partial charge in [0, 0.05) is 29.7 Å². The number of carboxylic acid groups (broad SMARTS) is 1. The Morgan fingerprint density at radius 3 is 2.80 bits per heavy atom. The number of nitrogens with zero attached hydrogens (tertiary/aromatic N) is 1. The van der Waals surface area contributed by atoms with Crippen molar-refractivity contribution in [1.82, 2.24) is 9.88 Å². The summed E-state index contributed by atoms with van der Waals surface area (Å²) in [5.41, 5.74) is 2.38. The zero-order valence-electron chi connectivity index (χ0n) is 11.9. The molecule has 0 radical (unpaired) electrons. The lowest BCUT2D eigenvalue weighted by molar-refractivity contribution is 0.0698. The van der Waals surface area contributed by atoms with Crippen LogP contribution < -0.4 is 5.32 Å². The summed E-state index contributed by atoms with van der Waals surface area (Å²) < 4.78 is 2.15. The van der Waals surface area contributed by atoms with Crippen LogP contribution in [0, 0.1) is 0 Å². The smallest absolute Gasteiger partial charge is 0.337 e. The van der Waals surface area contributed by atoms with E-state index in [4.69, 9.17) is 0 Å². The van der Waals surface area contributed by atoms with E-state index in [1.165, 1.54) is 12.8 Å². The first-order valence-corrected chi connectivity index (χ1v) is 7.17. The minimum absolute atomic E-state index is 0.240. The van der Waals surface area contributed by atoms with Crippen LogP contribution in [0.1, 0.15) is 48.8 Å². The summed E-state index contributed by atoms with van der Waals surface area (Å²) in [7, 11) is 0. The van der Waals surface area contributed by atoms with Gasteiger partial charge in [-0.3, -0.25) is 0 Å². The molecular weight excluding hydrogens is 252 g/mol. The van der Waals surface area contributed by atoms with Crippen LogP contribution in [0.5, 0.6) is 0 Å². The van der Waals surface area contributed by atoms with Crippen LogP contribution in [0.4, 0.5) is 0 Å². The first-order chi connectivity index (χ1) is 9.58. The molecule has 0 bridgehead atoms. The van der Waals surface area contributed by atoms with Crippen molar-refractivity contribution < 1.29 is 9.90 Å². The second-order valence-corrected chi connectivity index (χ2v) is 5.80. The summed E-state index contributed by atoms with van der Waals surface area (Å²) in [6, 6.07) is 8.48. The van der Waals surface area contributed by atoms with E-state index in [-0.39, 0.29) is 6.04 Å². The largest absolute Gasteiger partial charge is 0.478 e. The highest BCUT2D eigenvalue weighted by Crippen LogP contribution is 2.28. The van der Waals surface area contributed by atoms with Crippen LogP contribution in [0.15, 0.2) is 24.3 Å². The minimum Gasteiger partial charge on any atom is -0.478 e. The van der Waals surface area contributed by atoms with Gasteiger partial charge in [0.15, 0.2) is 0 Å². The molecule has 0 saturated heterocycles. The number of carboxylic acids is 1. The Morgan fingerprint density at radius 2 is 2.20 bits per heavy atom. The van der Waals surface area contributed by atoms with Crippen molar-refractivity contribution in [3.63, 3.8) is 0 Å². The van der Waals surface area contributed by atoms with Gasteiger partial charge in [0.05, 0.1) is 11.1 Å². The summed E-state index contributed by atoms with van der Waals surface area (Å²) in [5.74, 6) is -0.864. The first-order valence-electron chi connectivity index (χ1n) is 7.17. The number of hydrogen-bond acceptors (Lipinski definition) is 2. The van der Waals surface area contributed by atoms with E-state index >= 15 is 0 Å². The van der Waals surface area contributed by atoms with Gasteiger partial charge in [-0.25, -0.2) is 4.79 Å². The highest BCUT2D eigenvalue weighted by Gasteiger charge is 2.22. The predicted octanol–water partition coefficient (Wildman–Crippen LogP) is 3.17. The number of aromatic carboxylic acids is 1. The van der Waals surface area contributed by atoms with Gasteiger partial charge in [-0.1, -0.05) is 12.1 Å². The lowest BCUT2D eigenvalue weighted by atomic mass is 10.1. The molecule has 1 fully saturated rings. The monoisotopic (exact) mass is 272 g/mol. The van der Waals surface area contributed by atoms with Crippen molar-refractivity contribution in [2.24, 2.45) is 0 Å². The van der Waals surface area contributed by atoms with Gasteiger partial charge < -0.3 is 15.0 Å². The Balaban J connectivity index is 2.11. The molecule has 4 nitrogen and oxygen atoms in total. The number of rotatable bonds is 5. The maximum atomic E-state index is 11.4. The van der Waals surface area contributed by atoms with E-state index in [1.54, 1.807) is 6.07 Å². The molecule has 1 aliphatic rings. The molecule has 2 N–H and O–H groups in total. The minimum atomic E-state index is -0.864. The van der Waals surface area contributed by atoms with E-state index in [1.807, 2.05) is 12.1 Å². The van der Waals surface area contributed by atoms with Gasteiger partial charge in [0.25, 0.3) is 0 Å². The van der Waals surface area contributed by atoms with Crippen molar-refractivity contribution in [2.45, 2.75) is 45.3 Å². The second-order valence-electron chi connectivity index (χ2n) is 5.80. The average Bonchev–Trinajstić information content (AvgIpc) is 3.14. The Labute approximate surface area is 118 Å². The summed E-state index contributed by atoms with van der Waals surface area (Å²) in [6.07, 6.45) is 2.50. The van der Waals surface area contributed by atoms with Crippen molar-refractivity contribution >= 4 is 16.9 Å². The fourth-order valence-electron chi connectivity index (χ4n) is 2.77. The van der Waals surface area contributed by atoms with Gasteiger partial charge >= 0.3 is 5.97 Å². The van der Waals surface area contributed by atoms with Crippen LogP contribution in [-0.4, -0.2) is 21.7 Å². The summed E-state index contributed by atoms with van der Waals surface area (Å²) >= 11 is 0. The molecule has 4 heteroatoms. The van der Waals surface area contributed by atoms with Crippen LogP contribution in [-0.2, 0) is 6.54 Å². The third-order valence-corrected chi connectivity index (χ3v) is 3.84. The molecule has 0 spiro atoms. The Bertz CT molecular complexity index is 654. The van der Waals surface area contributed by atoms with Crippen LogP contribution in [0.2, 0.25) is 0 Å².